The van der Waals surface area contributed by atoms with Crippen LogP contribution in [0.4, 0.5) is 0 Å². The lowest BCUT2D eigenvalue weighted by molar-refractivity contribution is -0.136. The molecule has 4 nitrogen and oxygen atoms in total. The molecule has 0 aliphatic rings. The Kier molecular flexibility index (Phi) is 4.48. The predicted octanol–water partition coefficient (Wildman–Crippen LogP) is 2.66. The Hall–Kier alpha value is -1.84. The molecule has 4 heteroatoms. The summed E-state index contributed by atoms with van der Waals surface area (Å²) >= 11 is 0. The van der Waals surface area contributed by atoms with Gasteiger partial charge in [-0.3, -0.25) is 4.79 Å². The molecule has 0 saturated carbocycles. The molecule has 0 heterocycles. The molecule has 1 aromatic carbocycles. The van der Waals surface area contributed by atoms with E-state index in [4.69, 9.17) is 9.84 Å². The summed E-state index contributed by atoms with van der Waals surface area (Å²) in [6, 6.07) is 6.93. The standard InChI is InChI=1S/C14H18O4/c1-14(2,3)18-13(17)11-7-5-4-6-10(11)8-9-12(15)16/h4-7H,8-9H2,1-3H3,(H,15,16). The topological polar surface area (TPSA) is 63.6 Å². The quantitative estimate of drug-likeness (QED) is 0.834. The molecule has 0 aliphatic carbocycles. The number of ether oxygens (including phenoxy) is 1. The summed E-state index contributed by atoms with van der Waals surface area (Å²) in [5.74, 6) is -1.29. The van der Waals surface area contributed by atoms with Gasteiger partial charge in [0, 0.05) is 6.42 Å². The Balaban J connectivity index is 2.87. The summed E-state index contributed by atoms with van der Waals surface area (Å²) < 4.78 is 5.28. The molecule has 0 saturated heterocycles. The van der Waals surface area contributed by atoms with Gasteiger partial charge in [-0.1, -0.05) is 18.2 Å². The second-order valence-electron chi connectivity index (χ2n) is 5.05. The number of rotatable bonds is 4. The van der Waals surface area contributed by atoms with E-state index in [0.29, 0.717) is 17.5 Å². The minimum absolute atomic E-state index is 0.000187. The number of carboxylic acids is 1. The largest absolute Gasteiger partial charge is 0.481 e. The molecule has 0 unspecified atom stereocenters. The van der Waals surface area contributed by atoms with E-state index in [-0.39, 0.29) is 6.42 Å². The molecule has 0 aromatic heterocycles. The van der Waals surface area contributed by atoms with Crippen LogP contribution in [0, 0.1) is 0 Å². The number of hydrogen-bond donors (Lipinski definition) is 1. The van der Waals surface area contributed by atoms with E-state index in [0.717, 1.165) is 0 Å². The third-order valence-electron chi connectivity index (χ3n) is 2.24. The molecule has 0 atom stereocenters. The van der Waals surface area contributed by atoms with Crippen LogP contribution in [0.25, 0.3) is 0 Å². The second-order valence-corrected chi connectivity index (χ2v) is 5.05. The van der Waals surface area contributed by atoms with Gasteiger partial charge in [0.25, 0.3) is 0 Å². The predicted molar refractivity (Wildman–Crippen MR) is 67.6 cm³/mol. The Morgan fingerprint density at radius 3 is 2.39 bits per heavy atom. The van der Waals surface area contributed by atoms with Crippen molar-refractivity contribution in [2.24, 2.45) is 0 Å². The van der Waals surface area contributed by atoms with Crippen LogP contribution in [0.5, 0.6) is 0 Å². The lowest BCUT2D eigenvalue weighted by Gasteiger charge is -2.20. The van der Waals surface area contributed by atoms with Crippen LogP contribution in [0.1, 0.15) is 43.1 Å². The van der Waals surface area contributed by atoms with Crippen LogP contribution in [-0.4, -0.2) is 22.6 Å². The zero-order valence-electron chi connectivity index (χ0n) is 10.9. The average molecular weight is 250 g/mol. The van der Waals surface area contributed by atoms with Gasteiger partial charge in [-0.05, 0) is 38.8 Å². The molecular weight excluding hydrogens is 232 g/mol. The van der Waals surface area contributed by atoms with E-state index in [1.54, 1.807) is 45.0 Å². The number of carboxylic acid groups (broad SMARTS) is 1. The SMILES string of the molecule is CC(C)(C)OC(=O)c1ccccc1CCC(=O)O. The maximum absolute atomic E-state index is 12.0. The lowest BCUT2D eigenvalue weighted by atomic mass is 10.0. The first-order chi connectivity index (χ1) is 8.29. The number of aliphatic carboxylic acids is 1. The average Bonchev–Trinajstić information content (AvgIpc) is 2.24. The van der Waals surface area contributed by atoms with Crippen LogP contribution >= 0.6 is 0 Å². The second kappa shape index (κ2) is 5.67. The normalized spacial score (nSPS) is 11.1. The van der Waals surface area contributed by atoms with Crippen molar-refractivity contribution in [1.29, 1.82) is 0 Å². The Morgan fingerprint density at radius 2 is 1.83 bits per heavy atom. The molecule has 0 aliphatic heterocycles. The lowest BCUT2D eigenvalue weighted by Crippen LogP contribution is -2.24. The molecule has 1 rings (SSSR count). The van der Waals surface area contributed by atoms with Gasteiger partial charge in [-0.25, -0.2) is 4.79 Å². The van der Waals surface area contributed by atoms with E-state index in [9.17, 15) is 9.59 Å². The first-order valence-corrected chi connectivity index (χ1v) is 5.82. The molecule has 1 N–H and O–H groups in total. The zero-order chi connectivity index (χ0) is 13.8. The third kappa shape index (κ3) is 4.57. The molecule has 0 bridgehead atoms. The fraction of sp³-hybridized carbons (Fsp3) is 0.429. The van der Waals surface area contributed by atoms with Crippen LogP contribution < -0.4 is 0 Å². The van der Waals surface area contributed by atoms with Gasteiger partial charge in [-0.15, -0.1) is 0 Å². The van der Waals surface area contributed by atoms with Crippen LogP contribution in [0.15, 0.2) is 24.3 Å². The first-order valence-electron chi connectivity index (χ1n) is 5.82. The van der Waals surface area contributed by atoms with Crippen LogP contribution in [-0.2, 0) is 16.0 Å². The molecule has 1 aromatic rings. The van der Waals surface area contributed by atoms with Crippen molar-refractivity contribution in [3.63, 3.8) is 0 Å². The van der Waals surface area contributed by atoms with Gasteiger partial charge in [0.05, 0.1) is 5.56 Å². The van der Waals surface area contributed by atoms with Gasteiger partial charge in [0.1, 0.15) is 5.60 Å². The number of carbonyl (C=O) groups excluding carboxylic acids is 1. The fourth-order valence-electron chi connectivity index (χ4n) is 1.51. The molecule has 0 amide bonds. The maximum atomic E-state index is 12.0. The smallest absolute Gasteiger partial charge is 0.338 e. The Bertz CT molecular complexity index is 443. The van der Waals surface area contributed by atoms with Crippen molar-refractivity contribution < 1.29 is 19.4 Å². The summed E-state index contributed by atoms with van der Waals surface area (Å²) in [6.07, 6.45) is 0.324. The zero-order valence-corrected chi connectivity index (χ0v) is 10.9. The summed E-state index contributed by atoms with van der Waals surface area (Å²) in [4.78, 5) is 22.5. The molecule has 0 fully saturated rings. The Morgan fingerprint density at radius 1 is 1.22 bits per heavy atom. The van der Waals surface area contributed by atoms with E-state index in [1.165, 1.54) is 0 Å². The molecule has 18 heavy (non-hydrogen) atoms. The number of aryl methyl sites for hydroxylation is 1. The maximum Gasteiger partial charge on any atom is 0.338 e. The van der Waals surface area contributed by atoms with Crippen LogP contribution in [0.2, 0.25) is 0 Å². The molecular formula is C14H18O4. The molecule has 98 valence electrons. The van der Waals surface area contributed by atoms with Crippen molar-refractivity contribution in [3.8, 4) is 0 Å². The van der Waals surface area contributed by atoms with Gasteiger partial charge in [0.15, 0.2) is 0 Å². The number of carbonyl (C=O) groups is 2. The van der Waals surface area contributed by atoms with E-state index < -0.39 is 17.5 Å². The molecule has 0 radical (unpaired) electrons. The minimum Gasteiger partial charge on any atom is -0.481 e. The van der Waals surface area contributed by atoms with Gasteiger partial charge >= 0.3 is 11.9 Å². The summed E-state index contributed by atoms with van der Waals surface area (Å²) in [5.41, 5.74) is 0.583. The molecule has 0 spiro atoms. The van der Waals surface area contributed by atoms with Crippen molar-refractivity contribution in [1.82, 2.24) is 0 Å². The van der Waals surface area contributed by atoms with Crippen LogP contribution in [0.3, 0.4) is 0 Å². The van der Waals surface area contributed by atoms with Crippen molar-refractivity contribution in [2.75, 3.05) is 0 Å². The minimum atomic E-state index is -0.881. The van der Waals surface area contributed by atoms with E-state index >= 15 is 0 Å². The summed E-state index contributed by atoms with van der Waals surface area (Å²) in [6.45, 7) is 5.39. The van der Waals surface area contributed by atoms with E-state index in [1.807, 2.05) is 0 Å². The Labute approximate surface area is 107 Å². The fourth-order valence-corrected chi connectivity index (χ4v) is 1.51. The van der Waals surface area contributed by atoms with Crippen molar-refractivity contribution >= 4 is 11.9 Å². The summed E-state index contributed by atoms with van der Waals surface area (Å²) in [7, 11) is 0. The first kappa shape index (κ1) is 14.2. The monoisotopic (exact) mass is 250 g/mol. The highest BCUT2D eigenvalue weighted by Crippen LogP contribution is 2.16. The van der Waals surface area contributed by atoms with Gasteiger partial charge < -0.3 is 9.84 Å². The van der Waals surface area contributed by atoms with E-state index in [2.05, 4.69) is 0 Å². The highest BCUT2D eigenvalue weighted by Gasteiger charge is 2.20. The number of esters is 1. The highest BCUT2D eigenvalue weighted by molar-refractivity contribution is 5.91. The number of hydrogen-bond acceptors (Lipinski definition) is 3. The number of benzene rings is 1. The highest BCUT2D eigenvalue weighted by atomic mass is 16.6. The van der Waals surface area contributed by atoms with Gasteiger partial charge in [0.2, 0.25) is 0 Å². The van der Waals surface area contributed by atoms with Crippen molar-refractivity contribution in [3.05, 3.63) is 35.4 Å². The van der Waals surface area contributed by atoms with Crippen molar-refractivity contribution in [2.45, 2.75) is 39.2 Å². The summed E-state index contributed by atoms with van der Waals surface area (Å²) in [5, 5.41) is 8.67. The third-order valence-corrected chi connectivity index (χ3v) is 2.24. The van der Waals surface area contributed by atoms with Gasteiger partial charge in [-0.2, -0.15) is 0 Å².